The summed E-state index contributed by atoms with van der Waals surface area (Å²) in [5, 5.41) is 18.2. The van der Waals surface area contributed by atoms with Gasteiger partial charge in [0.05, 0.1) is 26.5 Å². The molecule has 0 unspecified atom stereocenters. The molecule has 1 aromatic heterocycles. The van der Waals surface area contributed by atoms with Gasteiger partial charge in [0.2, 0.25) is 10.0 Å². The number of rotatable bonds is 15. The van der Waals surface area contributed by atoms with E-state index in [0.717, 1.165) is 31.2 Å². The summed E-state index contributed by atoms with van der Waals surface area (Å²) >= 11 is 4.99. The smallest absolute Gasteiger partial charge is 0.258 e. The van der Waals surface area contributed by atoms with E-state index in [1.165, 1.54) is 15.6 Å². The van der Waals surface area contributed by atoms with Gasteiger partial charge in [-0.3, -0.25) is 4.79 Å². The van der Waals surface area contributed by atoms with E-state index >= 15 is 0 Å². The van der Waals surface area contributed by atoms with Crippen LogP contribution in [0.25, 0.3) is 11.3 Å². The first-order valence-electron chi connectivity index (χ1n) is 15.0. The molecule has 46 heavy (non-hydrogen) atoms. The molecule has 0 fully saturated rings. The Morgan fingerprint density at radius 2 is 1.65 bits per heavy atom. The van der Waals surface area contributed by atoms with Crippen LogP contribution in [0.15, 0.2) is 81.5 Å². The highest BCUT2D eigenvalue weighted by Crippen LogP contribution is 2.36. The number of aromatic nitrogens is 1. The van der Waals surface area contributed by atoms with Crippen molar-refractivity contribution in [1.29, 1.82) is 0 Å². The largest absolute Gasteiger partial charge is 0.483 e. The van der Waals surface area contributed by atoms with Crippen LogP contribution >= 0.6 is 27.3 Å². The van der Waals surface area contributed by atoms with Crippen molar-refractivity contribution in [2.45, 2.75) is 51.2 Å². The minimum atomic E-state index is -4.00. The molecule has 0 aliphatic carbocycles. The van der Waals surface area contributed by atoms with Gasteiger partial charge in [0.15, 0.2) is 11.7 Å². The van der Waals surface area contributed by atoms with Crippen molar-refractivity contribution in [1.82, 2.24) is 14.6 Å². The number of ether oxygens (including phenoxy) is 1. The SMILES string of the molecule is CNc1nc(-c2ccc(S(=O)(=O)N(CC(C)C)C[C@@H](O)[C@H](Cc3ccccc3)NC(=O)COc3c(C)cccc3C)cc2)c(Br)s1. The van der Waals surface area contributed by atoms with Gasteiger partial charge < -0.3 is 20.5 Å². The monoisotopic (exact) mass is 728 g/mol. The van der Waals surface area contributed by atoms with E-state index in [2.05, 4.69) is 31.5 Å². The van der Waals surface area contributed by atoms with E-state index in [0.29, 0.717) is 17.9 Å². The predicted octanol–water partition coefficient (Wildman–Crippen LogP) is 6.05. The lowest BCUT2D eigenvalue weighted by Gasteiger charge is -2.31. The maximum absolute atomic E-state index is 14.0. The molecule has 3 N–H and O–H groups in total. The molecule has 12 heteroatoms. The average Bonchev–Trinajstić information content (AvgIpc) is 3.41. The molecule has 0 aliphatic heterocycles. The van der Waals surface area contributed by atoms with Gasteiger partial charge in [-0.2, -0.15) is 4.31 Å². The standard InChI is InChI=1S/C34H41BrN4O5S2/c1-22(2)19-39(46(42,43)27-16-14-26(15-17-27)31-33(35)45-34(36-5)38-31)20-29(40)28(18-25-12-7-6-8-13-25)37-30(41)21-44-32-23(3)10-9-11-24(32)4/h6-17,22,28-29,40H,18-21H2,1-5H3,(H,36,38)(H,37,41)/t28-,29+/m0/s1. The van der Waals surface area contributed by atoms with Gasteiger partial charge in [0, 0.05) is 25.7 Å². The molecule has 0 saturated heterocycles. The third-order valence-corrected chi connectivity index (χ3v) is 11.0. The first-order chi connectivity index (χ1) is 21.9. The summed E-state index contributed by atoms with van der Waals surface area (Å²) in [6.45, 7) is 7.41. The Bertz CT molecular complexity index is 1690. The number of amides is 1. The molecule has 0 saturated carbocycles. The summed E-state index contributed by atoms with van der Waals surface area (Å²) in [6.07, 6.45) is -0.901. The van der Waals surface area contributed by atoms with Gasteiger partial charge in [-0.1, -0.05) is 85.8 Å². The molecule has 1 amide bonds. The Morgan fingerprint density at radius 3 is 2.24 bits per heavy atom. The van der Waals surface area contributed by atoms with Crippen molar-refractivity contribution < 1.29 is 23.1 Å². The molecule has 1 heterocycles. The average molecular weight is 730 g/mol. The zero-order valence-electron chi connectivity index (χ0n) is 26.7. The van der Waals surface area contributed by atoms with Crippen molar-refractivity contribution in [3.8, 4) is 17.0 Å². The number of aryl methyl sites for hydroxylation is 2. The van der Waals surface area contributed by atoms with E-state index in [4.69, 9.17) is 4.74 Å². The third kappa shape index (κ3) is 9.16. The van der Waals surface area contributed by atoms with Gasteiger partial charge in [-0.25, -0.2) is 13.4 Å². The highest BCUT2D eigenvalue weighted by atomic mass is 79.9. The van der Waals surface area contributed by atoms with Crippen LogP contribution in [0.1, 0.15) is 30.5 Å². The lowest BCUT2D eigenvalue weighted by Crippen LogP contribution is -2.52. The number of hydrogen-bond acceptors (Lipinski definition) is 8. The summed E-state index contributed by atoms with van der Waals surface area (Å²) in [6, 6.07) is 21.0. The highest BCUT2D eigenvalue weighted by Gasteiger charge is 2.31. The van der Waals surface area contributed by atoms with Crippen LogP contribution in [0.4, 0.5) is 5.13 Å². The van der Waals surface area contributed by atoms with Crippen LogP contribution in [0.5, 0.6) is 5.75 Å². The van der Waals surface area contributed by atoms with Crippen LogP contribution in [0.2, 0.25) is 0 Å². The molecule has 2 atom stereocenters. The number of hydrogen-bond donors (Lipinski definition) is 3. The molecule has 246 valence electrons. The summed E-state index contributed by atoms with van der Waals surface area (Å²) in [5.41, 5.74) is 4.21. The van der Waals surface area contributed by atoms with E-state index in [1.807, 2.05) is 76.2 Å². The fraction of sp³-hybridized carbons (Fsp3) is 0.353. The second-order valence-electron chi connectivity index (χ2n) is 11.6. The Balaban J connectivity index is 1.54. The van der Waals surface area contributed by atoms with E-state index < -0.39 is 28.1 Å². The first kappa shape index (κ1) is 35.6. The maximum atomic E-state index is 14.0. The van der Waals surface area contributed by atoms with Crippen molar-refractivity contribution in [2.24, 2.45) is 5.92 Å². The lowest BCUT2D eigenvalue weighted by atomic mass is 10.0. The van der Waals surface area contributed by atoms with E-state index in [-0.39, 0.29) is 30.5 Å². The fourth-order valence-corrected chi connectivity index (χ4v) is 8.17. The zero-order chi connectivity index (χ0) is 33.4. The topological polar surface area (TPSA) is 121 Å². The fourth-order valence-electron chi connectivity index (χ4n) is 5.10. The second kappa shape index (κ2) is 16.0. The van der Waals surface area contributed by atoms with Gasteiger partial charge in [0.25, 0.3) is 5.91 Å². The number of carbonyl (C=O) groups is 1. The normalized spacial score (nSPS) is 13.1. The first-order valence-corrected chi connectivity index (χ1v) is 18.1. The lowest BCUT2D eigenvalue weighted by molar-refractivity contribution is -0.124. The highest BCUT2D eigenvalue weighted by molar-refractivity contribution is 9.11. The molecule has 0 bridgehead atoms. The minimum Gasteiger partial charge on any atom is -0.483 e. The van der Waals surface area contributed by atoms with Crippen LogP contribution in [0.3, 0.4) is 0 Å². The van der Waals surface area contributed by atoms with Crippen molar-refractivity contribution in [2.75, 3.05) is 32.1 Å². The molecular weight excluding hydrogens is 688 g/mol. The van der Waals surface area contributed by atoms with Crippen LogP contribution < -0.4 is 15.4 Å². The quantitative estimate of drug-likeness (QED) is 0.136. The number of halogens is 1. The number of nitrogens with zero attached hydrogens (tertiary/aromatic N) is 2. The number of carbonyl (C=O) groups excluding carboxylic acids is 1. The molecule has 4 rings (SSSR count). The predicted molar refractivity (Wildman–Crippen MR) is 188 cm³/mol. The number of anilines is 1. The van der Waals surface area contributed by atoms with Crippen LogP contribution in [0, 0.1) is 19.8 Å². The number of aliphatic hydroxyl groups excluding tert-OH is 1. The number of nitrogens with one attached hydrogen (secondary N) is 2. The minimum absolute atomic E-state index is 0.0138. The van der Waals surface area contributed by atoms with Crippen molar-refractivity contribution in [3.63, 3.8) is 0 Å². The Hall–Kier alpha value is -3.29. The van der Waals surface area contributed by atoms with Gasteiger partial charge in [-0.15, -0.1) is 0 Å². The van der Waals surface area contributed by atoms with E-state index in [9.17, 15) is 18.3 Å². The molecular formula is C34H41BrN4O5S2. The summed E-state index contributed by atoms with van der Waals surface area (Å²) < 4.78 is 35.9. The Morgan fingerprint density at radius 1 is 1.00 bits per heavy atom. The van der Waals surface area contributed by atoms with Gasteiger partial charge in [-0.05, 0) is 70.9 Å². The summed E-state index contributed by atoms with van der Waals surface area (Å²) in [4.78, 5) is 17.8. The molecule has 0 radical (unpaired) electrons. The van der Waals surface area contributed by atoms with Crippen molar-refractivity contribution in [3.05, 3.63) is 93.3 Å². The summed E-state index contributed by atoms with van der Waals surface area (Å²) in [5.74, 6) is 0.217. The summed E-state index contributed by atoms with van der Waals surface area (Å²) in [7, 11) is -2.21. The Kier molecular flexibility index (Phi) is 12.4. The van der Waals surface area contributed by atoms with Crippen LogP contribution in [-0.2, 0) is 21.2 Å². The maximum Gasteiger partial charge on any atom is 0.258 e. The third-order valence-electron chi connectivity index (χ3n) is 7.39. The molecule has 9 nitrogen and oxygen atoms in total. The number of aliphatic hydroxyl groups is 1. The second-order valence-corrected chi connectivity index (χ2v) is 15.8. The molecule has 0 spiro atoms. The number of benzene rings is 3. The van der Waals surface area contributed by atoms with Gasteiger partial charge in [0.1, 0.15) is 5.75 Å². The van der Waals surface area contributed by atoms with E-state index in [1.54, 1.807) is 31.3 Å². The number of sulfonamides is 1. The molecule has 3 aromatic carbocycles. The Labute approximate surface area is 284 Å². The zero-order valence-corrected chi connectivity index (χ0v) is 29.9. The molecule has 4 aromatic rings. The number of thiazole rings is 1. The van der Waals surface area contributed by atoms with Crippen LogP contribution in [-0.4, -0.2) is 67.6 Å². The van der Waals surface area contributed by atoms with Crippen molar-refractivity contribution >= 4 is 48.3 Å². The number of para-hydroxylation sites is 1. The molecule has 0 aliphatic rings. The van der Waals surface area contributed by atoms with Gasteiger partial charge >= 0.3 is 0 Å².